The Hall–Kier alpha value is -2.14. The third-order valence-electron chi connectivity index (χ3n) is 3.62. The zero-order chi connectivity index (χ0) is 14.7. The molecule has 0 aliphatic carbocycles. The fourth-order valence-electron chi connectivity index (χ4n) is 2.48. The number of hydrogen-bond acceptors (Lipinski definition) is 4. The van der Waals surface area contributed by atoms with E-state index < -0.39 is 0 Å². The lowest BCUT2D eigenvalue weighted by Gasteiger charge is -2.22. The van der Waals surface area contributed by atoms with Gasteiger partial charge < -0.3 is 14.5 Å². The standard InChI is InChI=1S/C16H17NO4/c18-13-9-15(21-14-7-2-1-6-12(13)14)16(19)17-10-11-5-3-4-8-20-11/h1-2,6-7,9,11H,3-5,8,10H2,(H,17,19). The summed E-state index contributed by atoms with van der Waals surface area (Å²) in [7, 11) is 0. The molecule has 1 N–H and O–H groups in total. The number of ether oxygens (including phenoxy) is 1. The zero-order valence-corrected chi connectivity index (χ0v) is 11.6. The highest BCUT2D eigenvalue weighted by atomic mass is 16.5. The third-order valence-corrected chi connectivity index (χ3v) is 3.62. The van der Waals surface area contributed by atoms with Gasteiger partial charge in [0, 0.05) is 19.2 Å². The third kappa shape index (κ3) is 3.13. The smallest absolute Gasteiger partial charge is 0.287 e. The Kier molecular flexibility index (Phi) is 4.01. The maximum Gasteiger partial charge on any atom is 0.287 e. The second-order valence-electron chi connectivity index (χ2n) is 5.17. The fourth-order valence-corrected chi connectivity index (χ4v) is 2.48. The largest absolute Gasteiger partial charge is 0.451 e. The summed E-state index contributed by atoms with van der Waals surface area (Å²) < 4.78 is 11.0. The lowest BCUT2D eigenvalue weighted by Crippen LogP contribution is -2.35. The molecule has 1 aliphatic heterocycles. The first-order chi connectivity index (χ1) is 10.2. The second-order valence-corrected chi connectivity index (χ2v) is 5.17. The molecule has 1 fully saturated rings. The van der Waals surface area contributed by atoms with Crippen molar-refractivity contribution in [3.05, 3.63) is 46.3 Å². The van der Waals surface area contributed by atoms with Gasteiger partial charge in [0.05, 0.1) is 11.5 Å². The average Bonchev–Trinajstić information content (AvgIpc) is 2.53. The highest BCUT2D eigenvalue weighted by Gasteiger charge is 2.17. The van der Waals surface area contributed by atoms with Crippen LogP contribution in [0.2, 0.25) is 0 Å². The molecule has 3 rings (SSSR count). The summed E-state index contributed by atoms with van der Waals surface area (Å²) in [6.45, 7) is 1.18. The summed E-state index contributed by atoms with van der Waals surface area (Å²) in [6.07, 6.45) is 3.19. The SMILES string of the molecule is O=C(NCC1CCCCO1)c1cc(=O)c2ccccc2o1. The molecule has 1 unspecified atom stereocenters. The molecule has 1 aromatic heterocycles. The molecular weight excluding hydrogens is 270 g/mol. The summed E-state index contributed by atoms with van der Waals surface area (Å²) in [6, 6.07) is 8.12. The molecule has 1 aromatic carbocycles. The van der Waals surface area contributed by atoms with Crippen LogP contribution >= 0.6 is 0 Å². The molecule has 5 nitrogen and oxygen atoms in total. The van der Waals surface area contributed by atoms with Crippen LogP contribution in [-0.4, -0.2) is 25.2 Å². The predicted octanol–water partition coefficient (Wildman–Crippen LogP) is 2.09. The van der Waals surface area contributed by atoms with Crippen molar-refractivity contribution < 1.29 is 13.9 Å². The van der Waals surface area contributed by atoms with Crippen molar-refractivity contribution in [2.24, 2.45) is 0 Å². The van der Waals surface area contributed by atoms with Crippen molar-refractivity contribution in [3.63, 3.8) is 0 Å². The number of rotatable bonds is 3. The molecule has 1 amide bonds. The van der Waals surface area contributed by atoms with E-state index in [4.69, 9.17) is 9.15 Å². The minimum absolute atomic E-state index is 0.0366. The van der Waals surface area contributed by atoms with Crippen LogP contribution in [0.15, 0.2) is 39.5 Å². The Morgan fingerprint density at radius 3 is 2.95 bits per heavy atom. The molecule has 110 valence electrons. The lowest BCUT2D eigenvalue weighted by molar-refractivity contribution is 0.0167. The number of fused-ring (bicyclic) bond motifs is 1. The highest BCUT2D eigenvalue weighted by molar-refractivity contribution is 5.93. The highest BCUT2D eigenvalue weighted by Crippen LogP contribution is 2.13. The van der Waals surface area contributed by atoms with Crippen molar-refractivity contribution in [2.45, 2.75) is 25.4 Å². The Bertz CT molecular complexity index is 701. The molecule has 0 spiro atoms. The van der Waals surface area contributed by atoms with Gasteiger partial charge in [-0.2, -0.15) is 0 Å². The number of hydrogen-bond donors (Lipinski definition) is 1. The van der Waals surface area contributed by atoms with Gasteiger partial charge in [0.2, 0.25) is 0 Å². The van der Waals surface area contributed by atoms with E-state index in [0.29, 0.717) is 17.5 Å². The van der Waals surface area contributed by atoms with Crippen molar-refractivity contribution in [1.29, 1.82) is 0 Å². The van der Waals surface area contributed by atoms with E-state index in [2.05, 4.69) is 5.32 Å². The molecule has 0 saturated carbocycles. The molecule has 21 heavy (non-hydrogen) atoms. The van der Waals surface area contributed by atoms with Crippen molar-refractivity contribution in [1.82, 2.24) is 5.32 Å². The van der Waals surface area contributed by atoms with Crippen LogP contribution in [0, 0.1) is 0 Å². The summed E-state index contributed by atoms with van der Waals surface area (Å²) in [4.78, 5) is 24.0. The quantitative estimate of drug-likeness (QED) is 0.938. The number of amides is 1. The van der Waals surface area contributed by atoms with Gasteiger partial charge in [-0.1, -0.05) is 12.1 Å². The molecule has 5 heteroatoms. The lowest BCUT2D eigenvalue weighted by atomic mass is 10.1. The molecule has 2 heterocycles. The maximum absolute atomic E-state index is 12.1. The molecular formula is C16H17NO4. The number of carbonyl (C=O) groups is 1. The summed E-state index contributed by atoms with van der Waals surface area (Å²) in [5.41, 5.74) is 0.208. The summed E-state index contributed by atoms with van der Waals surface area (Å²) >= 11 is 0. The van der Waals surface area contributed by atoms with Crippen LogP contribution in [0.25, 0.3) is 11.0 Å². The zero-order valence-electron chi connectivity index (χ0n) is 11.6. The fraction of sp³-hybridized carbons (Fsp3) is 0.375. The van der Waals surface area contributed by atoms with E-state index in [0.717, 1.165) is 25.9 Å². The molecule has 0 radical (unpaired) electrons. The second kappa shape index (κ2) is 6.10. The normalized spacial score (nSPS) is 18.6. The number of nitrogens with one attached hydrogen (secondary N) is 1. The van der Waals surface area contributed by atoms with E-state index >= 15 is 0 Å². The van der Waals surface area contributed by atoms with Gasteiger partial charge in [-0.15, -0.1) is 0 Å². The molecule has 0 bridgehead atoms. The molecule has 1 atom stereocenters. The Morgan fingerprint density at radius 2 is 2.14 bits per heavy atom. The minimum atomic E-state index is -0.382. The van der Waals surface area contributed by atoms with Gasteiger partial charge in [-0.25, -0.2) is 0 Å². The van der Waals surface area contributed by atoms with Crippen LogP contribution in [0.3, 0.4) is 0 Å². The monoisotopic (exact) mass is 287 g/mol. The first-order valence-corrected chi connectivity index (χ1v) is 7.17. The van der Waals surface area contributed by atoms with Gasteiger partial charge in [0.15, 0.2) is 11.2 Å². The van der Waals surface area contributed by atoms with Gasteiger partial charge in [0.1, 0.15) is 5.58 Å². The maximum atomic E-state index is 12.1. The number of para-hydroxylation sites is 1. The topological polar surface area (TPSA) is 68.5 Å². The van der Waals surface area contributed by atoms with Gasteiger partial charge in [0.25, 0.3) is 5.91 Å². The molecule has 1 saturated heterocycles. The first kappa shape index (κ1) is 13.8. The summed E-state index contributed by atoms with van der Waals surface area (Å²) in [5, 5.41) is 3.24. The molecule has 2 aromatic rings. The van der Waals surface area contributed by atoms with Crippen LogP contribution in [0.5, 0.6) is 0 Å². The van der Waals surface area contributed by atoms with Crippen molar-refractivity contribution >= 4 is 16.9 Å². The van der Waals surface area contributed by atoms with E-state index in [9.17, 15) is 9.59 Å². The van der Waals surface area contributed by atoms with Crippen LogP contribution < -0.4 is 10.7 Å². The van der Waals surface area contributed by atoms with Crippen molar-refractivity contribution in [3.8, 4) is 0 Å². The van der Waals surface area contributed by atoms with E-state index in [1.807, 2.05) is 0 Å². The van der Waals surface area contributed by atoms with Gasteiger partial charge in [-0.3, -0.25) is 9.59 Å². The van der Waals surface area contributed by atoms with E-state index in [1.165, 1.54) is 6.07 Å². The van der Waals surface area contributed by atoms with E-state index in [1.54, 1.807) is 24.3 Å². The summed E-state index contributed by atoms with van der Waals surface area (Å²) in [5.74, 6) is -0.346. The van der Waals surface area contributed by atoms with E-state index in [-0.39, 0.29) is 23.2 Å². The number of benzene rings is 1. The number of carbonyl (C=O) groups excluding carboxylic acids is 1. The van der Waals surface area contributed by atoms with Crippen LogP contribution in [0.1, 0.15) is 29.8 Å². The first-order valence-electron chi connectivity index (χ1n) is 7.17. The van der Waals surface area contributed by atoms with Crippen LogP contribution in [-0.2, 0) is 4.74 Å². The van der Waals surface area contributed by atoms with Gasteiger partial charge in [-0.05, 0) is 31.4 Å². The molecule has 1 aliphatic rings. The minimum Gasteiger partial charge on any atom is -0.451 e. The van der Waals surface area contributed by atoms with Crippen molar-refractivity contribution in [2.75, 3.05) is 13.2 Å². The Labute approximate surface area is 121 Å². The Morgan fingerprint density at radius 1 is 1.29 bits per heavy atom. The average molecular weight is 287 g/mol. The Balaban J connectivity index is 1.73. The predicted molar refractivity (Wildman–Crippen MR) is 78.4 cm³/mol. The van der Waals surface area contributed by atoms with Crippen LogP contribution in [0.4, 0.5) is 0 Å². The van der Waals surface area contributed by atoms with Gasteiger partial charge >= 0.3 is 0 Å².